The predicted octanol–water partition coefficient (Wildman–Crippen LogP) is 2.08. The zero-order chi connectivity index (χ0) is 14.7. The van der Waals surface area contributed by atoms with Crippen molar-refractivity contribution in [1.82, 2.24) is 0 Å². The van der Waals surface area contributed by atoms with Gasteiger partial charge in [-0.1, -0.05) is 0 Å². The van der Waals surface area contributed by atoms with Gasteiger partial charge in [0.05, 0.1) is 0 Å². The van der Waals surface area contributed by atoms with Gasteiger partial charge in [-0.3, -0.25) is 9.59 Å². The molecule has 0 atom stereocenters. The fourth-order valence-corrected chi connectivity index (χ4v) is 1.76. The summed E-state index contributed by atoms with van der Waals surface area (Å²) in [6, 6.07) is 11.2. The zero-order valence-corrected chi connectivity index (χ0v) is 11.2. The van der Waals surface area contributed by atoms with Crippen molar-refractivity contribution in [2.45, 2.75) is 13.8 Å². The molecule has 1 aromatic heterocycles. The summed E-state index contributed by atoms with van der Waals surface area (Å²) in [5.41, 5.74) is 1.57. The first-order valence-corrected chi connectivity index (χ1v) is 6.10. The van der Waals surface area contributed by atoms with E-state index in [1.807, 2.05) is 0 Å². The van der Waals surface area contributed by atoms with Crippen LogP contribution in [0.5, 0.6) is 0 Å². The van der Waals surface area contributed by atoms with Crippen molar-refractivity contribution < 1.29 is 14.3 Å². The van der Waals surface area contributed by atoms with Crippen LogP contribution in [0.25, 0.3) is 0 Å². The number of Topliss-reactive ketones (excluding diaryl/α,β-unsaturated/α-hetero) is 1. The first kappa shape index (κ1) is 13.7. The number of nitrogens with one attached hydrogen (secondary N) is 1. The van der Waals surface area contributed by atoms with Gasteiger partial charge in [0.2, 0.25) is 0 Å². The lowest BCUT2D eigenvalue weighted by molar-refractivity contribution is -0.614. The third-order valence-corrected chi connectivity index (χ3v) is 2.91. The molecule has 1 heterocycles. The highest BCUT2D eigenvalue weighted by atomic mass is 16.5. The average molecular weight is 270 g/mol. The Labute approximate surface area is 116 Å². The average Bonchev–Trinajstić information content (AvgIpc) is 2.42. The van der Waals surface area contributed by atoms with E-state index in [0.717, 1.165) is 0 Å². The molecule has 5 nitrogen and oxygen atoms in total. The lowest BCUT2D eigenvalue weighted by atomic mass is 10.1. The molecule has 2 aromatic rings. The van der Waals surface area contributed by atoms with Crippen LogP contribution in [0, 0.1) is 12.1 Å². The lowest BCUT2D eigenvalue weighted by Gasteiger charge is -2.07. The van der Waals surface area contributed by atoms with E-state index in [1.165, 1.54) is 13.0 Å². The summed E-state index contributed by atoms with van der Waals surface area (Å²) in [5, 5.41) is 14.4. The van der Waals surface area contributed by atoms with Gasteiger partial charge in [0.25, 0.3) is 5.69 Å². The van der Waals surface area contributed by atoms with Crippen molar-refractivity contribution >= 4 is 17.4 Å². The fraction of sp³-hybridized carbons (Fsp3) is 0.133. The number of aromatic nitrogens is 1. The first-order chi connectivity index (χ1) is 9.49. The summed E-state index contributed by atoms with van der Waals surface area (Å²) in [7, 11) is 0. The van der Waals surface area contributed by atoms with Crippen LogP contribution >= 0.6 is 0 Å². The van der Waals surface area contributed by atoms with E-state index in [-0.39, 0.29) is 11.5 Å². The molecule has 0 saturated carbocycles. The lowest BCUT2D eigenvalue weighted by Crippen LogP contribution is -2.39. The van der Waals surface area contributed by atoms with E-state index in [2.05, 4.69) is 5.32 Å². The number of aryl methyl sites for hydroxylation is 1. The van der Waals surface area contributed by atoms with Crippen LogP contribution in [0.15, 0.2) is 42.5 Å². The van der Waals surface area contributed by atoms with Gasteiger partial charge in [-0.2, -0.15) is 4.73 Å². The molecule has 0 spiro atoms. The topological polar surface area (TPSA) is 73.1 Å². The van der Waals surface area contributed by atoms with Crippen LogP contribution in [0.4, 0.5) is 5.69 Å². The summed E-state index contributed by atoms with van der Waals surface area (Å²) in [5.74, 6) is -0.529. The Balaban J connectivity index is 2.19. The molecular formula is C15H14N2O3. The summed E-state index contributed by atoms with van der Waals surface area (Å²) >= 11 is 0. The monoisotopic (exact) mass is 270 g/mol. The Bertz CT molecular complexity index is 663. The van der Waals surface area contributed by atoms with Crippen LogP contribution in [0.1, 0.15) is 33.5 Å². The molecule has 0 fully saturated rings. The van der Waals surface area contributed by atoms with Gasteiger partial charge >= 0.3 is 5.91 Å². The molecule has 0 radical (unpaired) electrons. The maximum absolute atomic E-state index is 12.0. The quantitative estimate of drug-likeness (QED) is 0.527. The molecule has 0 unspecified atom stereocenters. The van der Waals surface area contributed by atoms with E-state index in [1.54, 1.807) is 43.3 Å². The molecule has 1 N–H and O–H groups in total. The van der Waals surface area contributed by atoms with Gasteiger partial charge in [0, 0.05) is 30.3 Å². The fourth-order valence-electron chi connectivity index (χ4n) is 1.76. The van der Waals surface area contributed by atoms with Crippen LogP contribution in [-0.4, -0.2) is 11.7 Å². The second kappa shape index (κ2) is 5.52. The molecule has 0 aliphatic rings. The highest BCUT2D eigenvalue weighted by Crippen LogP contribution is 2.11. The number of nitrogens with zero attached hydrogens (tertiary/aromatic N) is 1. The highest BCUT2D eigenvalue weighted by Gasteiger charge is 2.17. The predicted molar refractivity (Wildman–Crippen MR) is 74.5 cm³/mol. The molecule has 1 aromatic carbocycles. The smallest absolute Gasteiger partial charge is 0.321 e. The highest BCUT2D eigenvalue weighted by molar-refractivity contribution is 6.02. The third kappa shape index (κ3) is 2.83. The van der Waals surface area contributed by atoms with Crippen LogP contribution < -0.4 is 10.0 Å². The Kier molecular flexibility index (Phi) is 3.79. The molecule has 102 valence electrons. The Morgan fingerprint density at radius 2 is 1.75 bits per heavy atom. The number of anilines is 1. The minimum absolute atomic E-state index is 0.0284. The van der Waals surface area contributed by atoms with Crippen LogP contribution in [0.2, 0.25) is 0 Å². The molecule has 20 heavy (non-hydrogen) atoms. The number of hydrogen-bond donors (Lipinski definition) is 1. The standard InChI is InChI=1S/C15H14N2O3/c1-10-4-3-5-14(17(10)20)15(19)16-13-8-6-12(7-9-13)11(2)18/h3-9H,1-2H3,(H,16,19). The number of amides is 1. The Morgan fingerprint density at radius 3 is 2.35 bits per heavy atom. The summed E-state index contributed by atoms with van der Waals surface area (Å²) in [6.45, 7) is 3.10. The largest absolute Gasteiger partial charge is 0.618 e. The number of rotatable bonds is 3. The van der Waals surface area contributed by atoms with Gasteiger partial charge in [-0.15, -0.1) is 0 Å². The van der Waals surface area contributed by atoms with Crippen molar-refractivity contribution in [2.75, 3.05) is 5.32 Å². The van der Waals surface area contributed by atoms with E-state index in [9.17, 15) is 14.8 Å². The molecule has 5 heteroatoms. The number of carbonyl (C=O) groups is 2. The summed E-state index contributed by atoms with van der Waals surface area (Å²) in [4.78, 5) is 23.2. The van der Waals surface area contributed by atoms with E-state index < -0.39 is 5.91 Å². The first-order valence-electron chi connectivity index (χ1n) is 6.10. The van der Waals surface area contributed by atoms with Crippen LogP contribution in [0.3, 0.4) is 0 Å². The van der Waals surface area contributed by atoms with Gasteiger partial charge in [-0.25, -0.2) is 0 Å². The van der Waals surface area contributed by atoms with Crippen molar-refractivity contribution in [3.63, 3.8) is 0 Å². The molecule has 1 amide bonds. The zero-order valence-electron chi connectivity index (χ0n) is 11.2. The van der Waals surface area contributed by atoms with Gasteiger partial charge in [-0.05, 0) is 37.3 Å². The normalized spacial score (nSPS) is 10.1. The Hall–Kier alpha value is -2.69. The molecule has 2 rings (SSSR count). The number of benzene rings is 1. The van der Waals surface area contributed by atoms with Crippen LogP contribution in [-0.2, 0) is 0 Å². The maximum Gasteiger partial charge on any atom is 0.321 e. The second-order valence-corrected chi connectivity index (χ2v) is 4.43. The molecular weight excluding hydrogens is 256 g/mol. The molecule has 0 saturated heterocycles. The minimum Gasteiger partial charge on any atom is -0.618 e. The van der Waals surface area contributed by atoms with Crippen molar-refractivity contribution in [3.8, 4) is 0 Å². The van der Waals surface area contributed by atoms with Crippen molar-refractivity contribution in [2.24, 2.45) is 0 Å². The van der Waals surface area contributed by atoms with Gasteiger partial charge in [0.1, 0.15) is 0 Å². The number of pyridine rings is 1. The maximum atomic E-state index is 12.0. The number of ketones is 1. The van der Waals surface area contributed by atoms with E-state index in [4.69, 9.17) is 0 Å². The second-order valence-electron chi connectivity index (χ2n) is 4.43. The van der Waals surface area contributed by atoms with Crippen molar-refractivity contribution in [3.05, 3.63) is 64.6 Å². The molecule has 0 bridgehead atoms. The number of carbonyl (C=O) groups excluding carboxylic acids is 2. The Morgan fingerprint density at radius 1 is 1.10 bits per heavy atom. The van der Waals surface area contributed by atoms with Crippen molar-refractivity contribution in [1.29, 1.82) is 0 Å². The number of hydrogen-bond acceptors (Lipinski definition) is 3. The van der Waals surface area contributed by atoms with E-state index in [0.29, 0.717) is 21.7 Å². The third-order valence-electron chi connectivity index (χ3n) is 2.91. The van der Waals surface area contributed by atoms with E-state index >= 15 is 0 Å². The summed E-state index contributed by atoms with van der Waals surface area (Å²) in [6.07, 6.45) is 0. The SMILES string of the molecule is CC(=O)c1ccc(NC(=O)c2cccc(C)[n+]2[O-])cc1. The summed E-state index contributed by atoms with van der Waals surface area (Å²) < 4.78 is 0.583. The minimum atomic E-state index is -0.487. The molecule has 0 aliphatic carbocycles. The van der Waals surface area contributed by atoms with Gasteiger partial charge in [0.15, 0.2) is 11.5 Å². The van der Waals surface area contributed by atoms with Gasteiger partial charge < -0.3 is 10.5 Å². The molecule has 0 aliphatic heterocycles.